The van der Waals surface area contributed by atoms with E-state index in [-0.39, 0.29) is 29.5 Å². The van der Waals surface area contributed by atoms with E-state index in [9.17, 15) is 23.2 Å². The standard InChI is InChI=1S/C30H31F2N5O3/c1-16-26(34-17(2)27(16)30(40)37-11-10-19(15-37)36(3)4)13-21-20-12-18(8-9-25(20)35-29(21)39)28(38)33-14-22-23(31)6-5-7-24(22)32/h5-9,12-13,19,34H,10-11,14-15H2,1-4H3,(H,33,38)(H,35,39)/b21-13-/t19-/m0/s1. The molecule has 3 amide bonds. The van der Waals surface area contributed by atoms with Crippen molar-refractivity contribution >= 4 is 35.1 Å². The molecule has 3 N–H and O–H groups in total. The molecule has 8 nitrogen and oxygen atoms in total. The summed E-state index contributed by atoms with van der Waals surface area (Å²) in [5, 5.41) is 5.34. The SMILES string of the molecule is Cc1[nH]c(/C=C2\C(=O)Nc3ccc(C(=O)NCc4c(F)cccc4F)cc32)c(C)c1C(=O)N1CC[C@H](N(C)C)C1. The van der Waals surface area contributed by atoms with Crippen molar-refractivity contribution in [2.45, 2.75) is 32.9 Å². The van der Waals surface area contributed by atoms with Gasteiger partial charge < -0.3 is 25.4 Å². The second-order valence-corrected chi connectivity index (χ2v) is 10.5. The predicted octanol–water partition coefficient (Wildman–Crippen LogP) is 4.11. The minimum absolute atomic E-state index is 0.0400. The van der Waals surface area contributed by atoms with E-state index in [1.807, 2.05) is 32.8 Å². The van der Waals surface area contributed by atoms with Crippen molar-refractivity contribution in [3.63, 3.8) is 0 Å². The first-order valence-electron chi connectivity index (χ1n) is 13.1. The third-order valence-electron chi connectivity index (χ3n) is 7.71. The van der Waals surface area contributed by atoms with Gasteiger partial charge >= 0.3 is 0 Å². The molecule has 2 aliphatic heterocycles. The minimum atomic E-state index is -0.744. The number of aromatic amines is 1. The van der Waals surface area contributed by atoms with Crippen LogP contribution >= 0.6 is 0 Å². The van der Waals surface area contributed by atoms with Gasteiger partial charge in [-0.2, -0.15) is 0 Å². The normalized spacial score (nSPS) is 17.5. The number of H-pyrrole nitrogens is 1. The Morgan fingerprint density at radius 1 is 1.15 bits per heavy atom. The maximum absolute atomic E-state index is 14.0. The Morgan fingerprint density at radius 2 is 1.88 bits per heavy atom. The third kappa shape index (κ3) is 5.02. The molecule has 0 spiro atoms. The molecular formula is C30H31F2N5O3. The van der Waals surface area contributed by atoms with E-state index < -0.39 is 17.5 Å². The quantitative estimate of drug-likeness (QED) is 0.405. The fourth-order valence-corrected chi connectivity index (χ4v) is 5.33. The Labute approximate surface area is 231 Å². The molecule has 5 rings (SSSR count). The number of anilines is 1. The highest BCUT2D eigenvalue weighted by atomic mass is 19.1. The van der Waals surface area contributed by atoms with Crippen LogP contribution in [0.4, 0.5) is 14.5 Å². The highest BCUT2D eigenvalue weighted by Crippen LogP contribution is 2.35. The van der Waals surface area contributed by atoms with E-state index in [4.69, 9.17) is 0 Å². The molecule has 1 atom stereocenters. The van der Waals surface area contributed by atoms with E-state index in [0.717, 1.165) is 29.8 Å². The molecular weight excluding hydrogens is 516 g/mol. The molecule has 0 aliphatic carbocycles. The fourth-order valence-electron chi connectivity index (χ4n) is 5.33. The number of carbonyl (C=O) groups is 3. The molecule has 1 saturated heterocycles. The minimum Gasteiger partial charge on any atom is -0.358 e. The molecule has 0 unspecified atom stereocenters. The summed E-state index contributed by atoms with van der Waals surface area (Å²) in [6.45, 7) is 4.72. The average molecular weight is 548 g/mol. The molecule has 10 heteroatoms. The number of benzene rings is 2. The topological polar surface area (TPSA) is 97.5 Å². The van der Waals surface area contributed by atoms with Crippen LogP contribution in [0.3, 0.4) is 0 Å². The average Bonchev–Trinajstić information content (AvgIpc) is 3.60. The molecule has 208 valence electrons. The Balaban J connectivity index is 1.39. The number of fused-ring (bicyclic) bond motifs is 1. The van der Waals surface area contributed by atoms with E-state index in [1.165, 1.54) is 12.1 Å². The smallest absolute Gasteiger partial charge is 0.256 e. The van der Waals surface area contributed by atoms with Gasteiger partial charge in [0.1, 0.15) is 11.6 Å². The van der Waals surface area contributed by atoms with Crippen LogP contribution in [0.5, 0.6) is 0 Å². The van der Waals surface area contributed by atoms with E-state index in [2.05, 4.69) is 20.5 Å². The van der Waals surface area contributed by atoms with Crippen LogP contribution in [0.25, 0.3) is 11.6 Å². The number of aromatic nitrogens is 1. The zero-order valence-corrected chi connectivity index (χ0v) is 22.8. The molecule has 0 saturated carbocycles. The summed E-state index contributed by atoms with van der Waals surface area (Å²) in [6.07, 6.45) is 2.60. The number of hydrogen-bond donors (Lipinski definition) is 3. The number of hydrogen-bond acceptors (Lipinski definition) is 4. The molecule has 3 heterocycles. The van der Waals surface area contributed by atoms with Crippen LogP contribution in [0.15, 0.2) is 36.4 Å². The van der Waals surface area contributed by atoms with Crippen molar-refractivity contribution in [3.05, 3.63) is 87.2 Å². The molecule has 40 heavy (non-hydrogen) atoms. The summed E-state index contributed by atoms with van der Waals surface area (Å²) in [4.78, 5) is 46.3. The van der Waals surface area contributed by atoms with Crippen LogP contribution in [0.2, 0.25) is 0 Å². The first-order chi connectivity index (χ1) is 19.0. The van der Waals surface area contributed by atoms with Crippen molar-refractivity contribution in [2.75, 3.05) is 32.5 Å². The van der Waals surface area contributed by atoms with Gasteiger partial charge in [-0.15, -0.1) is 0 Å². The number of halogens is 2. The molecule has 1 aromatic heterocycles. The van der Waals surface area contributed by atoms with Crippen LogP contribution in [0, 0.1) is 25.5 Å². The molecule has 0 bridgehead atoms. The number of nitrogens with one attached hydrogen (secondary N) is 3. The third-order valence-corrected chi connectivity index (χ3v) is 7.71. The summed E-state index contributed by atoms with van der Waals surface area (Å²) in [7, 11) is 4.02. The van der Waals surface area contributed by atoms with Crippen molar-refractivity contribution in [1.82, 2.24) is 20.1 Å². The molecule has 2 aromatic carbocycles. The number of likely N-dealkylation sites (tertiary alicyclic amines) is 1. The van der Waals surface area contributed by atoms with Crippen LogP contribution in [0.1, 0.15) is 55.2 Å². The second-order valence-electron chi connectivity index (χ2n) is 10.5. The van der Waals surface area contributed by atoms with E-state index >= 15 is 0 Å². The van der Waals surface area contributed by atoms with Gasteiger partial charge in [0.15, 0.2) is 0 Å². The summed E-state index contributed by atoms with van der Waals surface area (Å²) >= 11 is 0. The number of nitrogens with zero attached hydrogens (tertiary/aromatic N) is 2. The highest BCUT2D eigenvalue weighted by Gasteiger charge is 2.31. The molecule has 3 aromatic rings. The van der Waals surface area contributed by atoms with Gasteiger partial charge in [-0.05, 0) is 76.3 Å². The van der Waals surface area contributed by atoms with Crippen LogP contribution in [-0.2, 0) is 11.3 Å². The van der Waals surface area contributed by atoms with Gasteiger partial charge in [-0.1, -0.05) is 6.07 Å². The maximum atomic E-state index is 14.0. The molecule has 2 aliphatic rings. The number of aryl methyl sites for hydroxylation is 1. The summed E-state index contributed by atoms with van der Waals surface area (Å²) in [5.74, 6) is -2.40. The van der Waals surface area contributed by atoms with Crippen molar-refractivity contribution < 1.29 is 23.2 Å². The summed E-state index contributed by atoms with van der Waals surface area (Å²) in [6, 6.07) is 8.55. The second kappa shape index (κ2) is 10.7. The first-order valence-corrected chi connectivity index (χ1v) is 13.1. The lowest BCUT2D eigenvalue weighted by molar-refractivity contribution is -0.110. The monoisotopic (exact) mass is 547 g/mol. The Bertz CT molecular complexity index is 1540. The van der Waals surface area contributed by atoms with Gasteiger partial charge in [-0.3, -0.25) is 14.4 Å². The van der Waals surface area contributed by atoms with Gasteiger partial charge in [0.25, 0.3) is 17.7 Å². The zero-order valence-electron chi connectivity index (χ0n) is 22.8. The number of likely N-dealkylation sites (N-methyl/N-ethyl adjacent to an activating group) is 1. The largest absolute Gasteiger partial charge is 0.358 e. The Hall–Kier alpha value is -4.31. The van der Waals surface area contributed by atoms with Crippen LogP contribution in [-0.4, -0.2) is 65.7 Å². The Kier molecular flexibility index (Phi) is 7.29. The lowest BCUT2D eigenvalue weighted by Gasteiger charge is -2.20. The number of amides is 3. The van der Waals surface area contributed by atoms with Crippen molar-refractivity contribution in [3.8, 4) is 0 Å². The van der Waals surface area contributed by atoms with Gasteiger partial charge in [0.2, 0.25) is 0 Å². The summed E-state index contributed by atoms with van der Waals surface area (Å²) < 4.78 is 27.9. The predicted molar refractivity (Wildman–Crippen MR) is 149 cm³/mol. The van der Waals surface area contributed by atoms with Crippen molar-refractivity contribution in [2.24, 2.45) is 0 Å². The maximum Gasteiger partial charge on any atom is 0.256 e. The van der Waals surface area contributed by atoms with E-state index in [0.29, 0.717) is 47.2 Å². The van der Waals surface area contributed by atoms with Gasteiger partial charge in [-0.25, -0.2) is 8.78 Å². The fraction of sp³-hybridized carbons (Fsp3) is 0.300. The lowest BCUT2D eigenvalue weighted by atomic mass is 10.0. The number of rotatable bonds is 6. The van der Waals surface area contributed by atoms with Crippen LogP contribution < -0.4 is 10.6 Å². The first kappa shape index (κ1) is 27.3. The summed E-state index contributed by atoms with van der Waals surface area (Å²) in [5.41, 5.74) is 4.08. The zero-order chi connectivity index (χ0) is 28.7. The molecule has 0 radical (unpaired) electrons. The lowest BCUT2D eigenvalue weighted by Crippen LogP contribution is -2.34. The highest BCUT2D eigenvalue weighted by molar-refractivity contribution is 6.35. The van der Waals surface area contributed by atoms with E-state index in [1.54, 1.807) is 18.2 Å². The van der Waals surface area contributed by atoms with Gasteiger partial charge in [0.05, 0.1) is 11.1 Å². The van der Waals surface area contributed by atoms with Gasteiger partial charge in [0, 0.05) is 59.4 Å². The Morgan fingerprint density at radius 3 is 2.55 bits per heavy atom. The number of carbonyl (C=O) groups excluding carboxylic acids is 3. The molecule has 1 fully saturated rings. The van der Waals surface area contributed by atoms with Crippen molar-refractivity contribution in [1.29, 1.82) is 0 Å².